The second-order valence-corrected chi connectivity index (χ2v) is 3.62. The van der Waals surface area contributed by atoms with Crippen molar-refractivity contribution in [1.82, 2.24) is 4.90 Å². The van der Waals surface area contributed by atoms with Crippen molar-refractivity contribution in [2.24, 2.45) is 11.8 Å². The van der Waals surface area contributed by atoms with Gasteiger partial charge in [0.2, 0.25) is 0 Å². The molecule has 1 atom stereocenters. The molecule has 1 unspecified atom stereocenters. The van der Waals surface area contributed by atoms with Crippen LogP contribution in [-0.2, 0) is 4.74 Å². The maximum atomic E-state index is 11.0. The van der Waals surface area contributed by atoms with Crippen LogP contribution in [0.1, 0.15) is 13.3 Å². The highest BCUT2D eigenvalue weighted by atomic mass is 16.5. The van der Waals surface area contributed by atoms with E-state index in [0.29, 0.717) is 19.5 Å². The molecule has 0 aromatic rings. The Morgan fingerprint density at radius 1 is 1.57 bits per heavy atom. The second-order valence-electron chi connectivity index (χ2n) is 3.62. The first-order chi connectivity index (χ1) is 6.60. The maximum Gasteiger partial charge on any atom is 0.409 e. The molecule has 0 aromatic heterocycles. The highest BCUT2D eigenvalue weighted by Gasteiger charge is 2.38. The summed E-state index contributed by atoms with van der Waals surface area (Å²) in [5.74, 6) is 0.0370. The molecular weight excluding hydrogens is 186 g/mol. The molecule has 1 aliphatic rings. The molecule has 14 heavy (non-hydrogen) atoms. The third-order valence-electron chi connectivity index (χ3n) is 2.80. The standard InChI is InChI=1S/C9H17NO4/c1-3-7(8(11)12)6-4-10(5-6)9(13)14-2/h6-8,11-12H,3-5H2,1-2H3. The van der Waals surface area contributed by atoms with E-state index in [9.17, 15) is 4.79 Å². The van der Waals surface area contributed by atoms with Crippen molar-refractivity contribution in [2.45, 2.75) is 19.6 Å². The van der Waals surface area contributed by atoms with Crippen LogP contribution in [0.25, 0.3) is 0 Å². The van der Waals surface area contributed by atoms with Gasteiger partial charge in [-0.25, -0.2) is 4.79 Å². The van der Waals surface area contributed by atoms with Gasteiger partial charge in [-0.1, -0.05) is 6.92 Å². The number of hydrogen-bond acceptors (Lipinski definition) is 4. The molecule has 1 amide bonds. The van der Waals surface area contributed by atoms with Crippen molar-refractivity contribution in [3.63, 3.8) is 0 Å². The molecular formula is C9H17NO4. The van der Waals surface area contributed by atoms with Crippen LogP contribution < -0.4 is 0 Å². The Kier molecular flexibility index (Phi) is 3.71. The quantitative estimate of drug-likeness (QED) is 0.634. The molecule has 5 nitrogen and oxygen atoms in total. The topological polar surface area (TPSA) is 70.0 Å². The number of methoxy groups -OCH3 is 1. The molecule has 1 heterocycles. The van der Waals surface area contributed by atoms with E-state index in [0.717, 1.165) is 0 Å². The van der Waals surface area contributed by atoms with E-state index in [1.807, 2.05) is 6.92 Å². The van der Waals surface area contributed by atoms with Crippen LogP contribution in [0.4, 0.5) is 4.79 Å². The summed E-state index contributed by atoms with van der Waals surface area (Å²) in [6.45, 7) is 3.02. The van der Waals surface area contributed by atoms with Gasteiger partial charge in [-0.15, -0.1) is 0 Å². The zero-order chi connectivity index (χ0) is 10.7. The lowest BCUT2D eigenvalue weighted by Crippen LogP contribution is -2.54. The number of carbonyl (C=O) groups excluding carboxylic acids is 1. The average molecular weight is 203 g/mol. The summed E-state index contributed by atoms with van der Waals surface area (Å²) in [4.78, 5) is 12.6. The van der Waals surface area contributed by atoms with Gasteiger partial charge in [0.15, 0.2) is 6.29 Å². The number of aliphatic hydroxyl groups is 2. The zero-order valence-corrected chi connectivity index (χ0v) is 8.51. The summed E-state index contributed by atoms with van der Waals surface area (Å²) in [6, 6.07) is 0. The Morgan fingerprint density at radius 2 is 2.14 bits per heavy atom. The van der Waals surface area contributed by atoms with Gasteiger partial charge in [0.1, 0.15) is 0 Å². The monoisotopic (exact) mass is 203 g/mol. The fourth-order valence-corrected chi connectivity index (χ4v) is 1.85. The minimum absolute atomic E-state index is 0.143. The summed E-state index contributed by atoms with van der Waals surface area (Å²) < 4.78 is 4.54. The van der Waals surface area contributed by atoms with Gasteiger partial charge in [-0.2, -0.15) is 0 Å². The molecule has 1 aliphatic heterocycles. The van der Waals surface area contributed by atoms with E-state index >= 15 is 0 Å². The highest BCUT2D eigenvalue weighted by Crippen LogP contribution is 2.28. The molecule has 0 radical (unpaired) electrons. The first-order valence-electron chi connectivity index (χ1n) is 4.79. The van der Waals surface area contributed by atoms with Crippen molar-refractivity contribution in [3.8, 4) is 0 Å². The first kappa shape index (κ1) is 11.3. The Morgan fingerprint density at radius 3 is 2.50 bits per heavy atom. The second kappa shape index (κ2) is 4.61. The third-order valence-corrected chi connectivity index (χ3v) is 2.80. The van der Waals surface area contributed by atoms with Crippen LogP contribution in [0.5, 0.6) is 0 Å². The number of carbonyl (C=O) groups is 1. The Hall–Kier alpha value is -0.810. The summed E-state index contributed by atoms with van der Waals surface area (Å²) in [5.41, 5.74) is 0. The predicted octanol–water partition coefficient (Wildman–Crippen LogP) is 0.0215. The van der Waals surface area contributed by atoms with Crippen molar-refractivity contribution in [1.29, 1.82) is 0 Å². The first-order valence-corrected chi connectivity index (χ1v) is 4.79. The molecule has 1 rings (SSSR count). The Labute approximate surface area is 83.3 Å². The lowest BCUT2D eigenvalue weighted by Gasteiger charge is -2.42. The van der Waals surface area contributed by atoms with Gasteiger partial charge in [0.05, 0.1) is 7.11 Å². The van der Waals surface area contributed by atoms with Gasteiger partial charge in [0.25, 0.3) is 0 Å². The predicted molar refractivity (Wildman–Crippen MR) is 49.5 cm³/mol. The van der Waals surface area contributed by atoms with E-state index in [4.69, 9.17) is 10.2 Å². The lowest BCUT2D eigenvalue weighted by molar-refractivity contribution is -0.120. The van der Waals surface area contributed by atoms with E-state index in [1.165, 1.54) is 7.11 Å². The SMILES string of the molecule is CCC(C(O)O)C1CN(C(=O)OC)C1. The molecule has 0 saturated carbocycles. The number of likely N-dealkylation sites (tertiary alicyclic amines) is 1. The maximum absolute atomic E-state index is 11.0. The molecule has 0 aromatic carbocycles. The van der Waals surface area contributed by atoms with E-state index in [-0.39, 0.29) is 17.9 Å². The van der Waals surface area contributed by atoms with Gasteiger partial charge < -0.3 is 19.8 Å². The molecule has 82 valence electrons. The van der Waals surface area contributed by atoms with Crippen LogP contribution in [0.15, 0.2) is 0 Å². The van der Waals surface area contributed by atoms with Gasteiger partial charge in [-0.3, -0.25) is 0 Å². The highest BCUT2D eigenvalue weighted by molar-refractivity contribution is 5.68. The van der Waals surface area contributed by atoms with E-state index < -0.39 is 6.29 Å². The van der Waals surface area contributed by atoms with Gasteiger partial charge >= 0.3 is 6.09 Å². The third kappa shape index (κ3) is 2.16. The number of ether oxygens (including phenoxy) is 1. The molecule has 1 saturated heterocycles. The molecule has 0 spiro atoms. The number of aliphatic hydroxyl groups excluding tert-OH is 1. The molecule has 5 heteroatoms. The zero-order valence-electron chi connectivity index (χ0n) is 8.51. The minimum Gasteiger partial charge on any atom is -0.453 e. The molecule has 0 bridgehead atoms. The Bertz CT molecular complexity index is 201. The summed E-state index contributed by atoms with van der Waals surface area (Å²) >= 11 is 0. The Balaban J connectivity index is 2.35. The normalized spacial score (nSPS) is 19.4. The molecule has 1 fully saturated rings. The van der Waals surface area contributed by atoms with Gasteiger partial charge in [0, 0.05) is 24.9 Å². The van der Waals surface area contributed by atoms with Crippen molar-refractivity contribution < 1.29 is 19.7 Å². The minimum atomic E-state index is -1.29. The lowest BCUT2D eigenvalue weighted by atomic mass is 9.84. The number of nitrogens with zero attached hydrogens (tertiary/aromatic N) is 1. The van der Waals surface area contributed by atoms with Crippen molar-refractivity contribution >= 4 is 6.09 Å². The number of hydrogen-bond donors (Lipinski definition) is 2. The van der Waals surface area contributed by atoms with Crippen LogP contribution in [0.3, 0.4) is 0 Å². The van der Waals surface area contributed by atoms with Crippen LogP contribution in [0.2, 0.25) is 0 Å². The van der Waals surface area contributed by atoms with E-state index in [2.05, 4.69) is 4.74 Å². The summed E-state index contributed by atoms with van der Waals surface area (Å²) in [7, 11) is 1.34. The van der Waals surface area contributed by atoms with Crippen molar-refractivity contribution in [2.75, 3.05) is 20.2 Å². The fraction of sp³-hybridized carbons (Fsp3) is 0.889. The molecule has 0 aliphatic carbocycles. The van der Waals surface area contributed by atoms with Crippen LogP contribution in [0, 0.1) is 11.8 Å². The number of amides is 1. The number of rotatable bonds is 3. The van der Waals surface area contributed by atoms with Crippen LogP contribution >= 0.6 is 0 Å². The van der Waals surface area contributed by atoms with E-state index in [1.54, 1.807) is 4.90 Å². The summed E-state index contributed by atoms with van der Waals surface area (Å²) in [6.07, 6.45) is -0.925. The smallest absolute Gasteiger partial charge is 0.409 e. The van der Waals surface area contributed by atoms with Crippen molar-refractivity contribution in [3.05, 3.63) is 0 Å². The van der Waals surface area contributed by atoms with Gasteiger partial charge in [-0.05, 0) is 6.42 Å². The average Bonchev–Trinajstić information content (AvgIpc) is 2.08. The summed E-state index contributed by atoms with van der Waals surface area (Å²) in [5, 5.41) is 18.1. The molecule has 2 N–H and O–H groups in total. The fourth-order valence-electron chi connectivity index (χ4n) is 1.85. The largest absolute Gasteiger partial charge is 0.453 e. The van der Waals surface area contributed by atoms with Crippen LogP contribution in [-0.4, -0.2) is 47.7 Å².